The Morgan fingerprint density at radius 1 is 1.44 bits per heavy atom. The number of rotatable bonds is 4. The summed E-state index contributed by atoms with van der Waals surface area (Å²) >= 11 is 7.31. The van der Waals surface area contributed by atoms with E-state index in [1.165, 1.54) is 22.6 Å². The largest absolute Gasteiger partial charge is 0.388 e. The van der Waals surface area contributed by atoms with Crippen LogP contribution in [0.3, 0.4) is 0 Å². The van der Waals surface area contributed by atoms with Gasteiger partial charge in [0.05, 0.1) is 16.1 Å². The first-order valence-corrected chi connectivity index (χ1v) is 7.11. The Balaban J connectivity index is 2.03. The number of halogens is 1. The molecule has 2 aromatic heterocycles. The highest BCUT2D eigenvalue weighted by molar-refractivity contribution is 7.16. The summed E-state index contributed by atoms with van der Waals surface area (Å²) in [6, 6.07) is 3.71. The molecule has 0 aromatic carbocycles. The van der Waals surface area contributed by atoms with Crippen LogP contribution >= 0.6 is 22.9 Å². The molecule has 18 heavy (non-hydrogen) atoms. The normalized spacial score (nSPS) is 12.9. The number of nitrogens with zero attached hydrogens (tertiary/aromatic N) is 2. The maximum absolute atomic E-state index is 10.1. The van der Waals surface area contributed by atoms with Crippen molar-refractivity contribution in [2.75, 3.05) is 0 Å². The maximum atomic E-state index is 10.1. The van der Waals surface area contributed by atoms with Crippen LogP contribution in [0.4, 0.5) is 0 Å². The van der Waals surface area contributed by atoms with Crippen molar-refractivity contribution < 1.29 is 5.11 Å². The summed E-state index contributed by atoms with van der Waals surface area (Å²) in [5.74, 6) is 0. The first-order valence-electron chi connectivity index (χ1n) is 5.91. The average Bonchev–Trinajstić information content (AvgIpc) is 2.83. The summed E-state index contributed by atoms with van der Waals surface area (Å²) in [6.07, 6.45) is 1.09. The molecule has 0 aliphatic heterocycles. The summed E-state index contributed by atoms with van der Waals surface area (Å²) in [6.45, 7) is 4.07. The molecule has 3 nitrogen and oxygen atoms in total. The molecule has 0 spiro atoms. The van der Waals surface area contributed by atoms with Crippen molar-refractivity contribution in [3.05, 3.63) is 38.3 Å². The van der Waals surface area contributed by atoms with E-state index in [0.717, 1.165) is 21.3 Å². The van der Waals surface area contributed by atoms with Crippen LogP contribution < -0.4 is 0 Å². The smallest absolute Gasteiger partial charge is 0.0932 e. The van der Waals surface area contributed by atoms with Gasteiger partial charge in [-0.1, -0.05) is 11.6 Å². The molecule has 2 heterocycles. The van der Waals surface area contributed by atoms with Gasteiger partial charge >= 0.3 is 0 Å². The second-order valence-electron chi connectivity index (χ2n) is 4.47. The van der Waals surface area contributed by atoms with Crippen molar-refractivity contribution in [2.45, 2.75) is 32.8 Å². The number of hydrogen-bond acceptors (Lipinski definition) is 3. The van der Waals surface area contributed by atoms with Crippen LogP contribution in [0.1, 0.15) is 34.4 Å². The van der Waals surface area contributed by atoms with Crippen molar-refractivity contribution in [3.8, 4) is 0 Å². The first kappa shape index (κ1) is 13.6. The Labute approximate surface area is 116 Å². The van der Waals surface area contributed by atoms with Gasteiger partial charge in [0.25, 0.3) is 0 Å². The molecule has 0 bridgehead atoms. The van der Waals surface area contributed by atoms with Gasteiger partial charge in [0, 0.05) is 17.6 Å². The third-order valence-electron chi connectivity index (χ3n) is 3.25. The Bertz CT molecular complexity index is 547. The highest BCUT2D eigenvalue weighted by atomic mass is 35.5. The van der Waals surface area contributed by atoms with E-state index in [2.05, 4.69) is 12.0 Å². The minimum Gasteiger partial charge on any atom is -0.388 e. The SMILES string of the molecule is Cc1nn(C)c(C)c1CCC(O)c1ccc(Cl)s1. The summed E-state index contributed by atoms with van der Waals surface area (Å²) in [7, 11) is 1.95. The van der Waals surface area contributed by atoms with Crippen LogP contribution in [-0.2, 0) is 13.5 Å². The zero-order valence-corrected chi connectivity index (χ0v) is 12.3. The molecular formula is C13H17ClN2OS. The van der Waals surface area contributed by atoms with E-state index in [4.69, 9.17) is 11.6 Å². The first-order chi connectivity index (χ1) is 8.49. The molecule has 0 radical (unpaired) electrons. The van der Waals surface area contributed by atoms with E-state index in [-0.39, 0.29) is 0 Å². The fraction of sp³-hybridized carbons (Fsp3) is 0.462. The second kappa shape index (κ2) is 5.43. The molecule has 2 aromatic rings. The quantitative estimate of drug-likeness (QED) is 0.934. The molecule has 0 saturated heterocycles. The van der Waals surface area contributed by atoms with Crippen LogP contribution in [0.5, 0.6) is 0 Å². The Kier molecular flexibility index (Phi) is 4.10. The summed E-state index contributed by atoms with van der Waals surface area (Å²) in [5.41, 5.74) is 3.45. The van der Waals surface area contributed by atoms with E-state index in [1.54, 1.807) is 0 Å². The summed E-state index contributed by atoms with van der Waals surface area (Å²) in [4.78, 5) is 0.930. The highest BCUT2D eigenvalue weighted by Gasteiger charge is 2.14. The van der Waals surface area contributed by atoms with Gasteiger partial charge in [-0.25, -0.2) is 0 Å². The number of aryl methyl sites for hydroxylation is 2. The van der Waals surface area contributed by atoms with Gasteiger partial charge in [-0.05, 0) is 44.4 Å². The minimum absolute atomic E-state index is 0.443. The average molecular weight is 285 g/mol. The Morgan fingerprint density at radius 3 is 2.67 bits per heavy atom. The number of hydrogen-bond donors (Lipinski definition) is 1. The molecule has 5 heteroatoms. The third-order valence-corrected chi connectivity index (χ3v) is 4.58. The van der Waals surface area contributed by atoms with Gasteiger partial charge in [-0.2, -0.15) is 5.10 Å². The van der Waals surface area contributed by atoms with Gasteiger partial charge in [0.15, 0.2) is 0 Å². The van der Waals surface area contributed by atoms with Gasteiger partial charge in [0.2, 0.25) is 0 Å². The fourth-order valence-electron chi connectivity index (χ4n) is 2.11. The number of thiophene rings is 1. The minimum atomic E-state index is -0.443. The van der Waals surface area contributed by atoms with E-state index in [1.807, 2.05) is 30.8 Å². The highest BCUT2D eigenvalue weighted by Crippen LogP contribution is 2.29. The molecule has 0 aliphatic carbocycles. The second-order valence-corrected chi connectivity index (χ2v) is 6.22. The molecule has 98 valence electrons. The van der Waals surface area contributed by atoms with Crippen LogP contribution in [0.25, 0.3) is 0 Å². The van der Waals surface area contributed by atoms with E-state index in [9.17, 15) is 5.11 Å². The standard InChI is InChI=1S/C13H17ClN2OS/c1-8-10(9(2)16(3)15-8)4-5-11(17)12-6-7-13(14)18-12/h6-7,11,17H,4-5H2,1-3H3. The molecule has 1 atom stereocenters. The van der Waals surface area contributed by atoms with Crippen molar-refractivity contribution in [3.63, 3.8) is 0 Å². The van der Waals surface area contributed by atoms with Crippen LogP contribution in [0.2, 0.25) is 4.34 Å². The van der Waals surface area contributed by atoms with Crippen molar-refractivity contribution in [1.29, 1.82) is 0 Å². The third kappa shape index (κ3) is 2.76. The van der Waals surface area contributed by atoms with Crippen LogP contribution in [0, 0.1) is 13.8 Å². The van der Waals surface area contributed by atoms with E-state index in [0.29, 0.717) is 6.42 Å². The van der Waals surface area contributed by atoms with Crippen molar-refractivity contribution in [2.24, 2.45) is 7.05 Å². The summed E-state index contributed by atoms with van der Waals surface area (Å²) in [5, 5.41) is 14.5. The predicted octanol–water partition coefficient (Wildman–Crippen LogP) is 3.42. The Morgan fingerprint density at radius 2 is 2.17 bits per heavy atom. The molecule has 1 unspecified atom stereocenters. The molecule has 0 amide bonds. The van der Waals surface area contributed by atoms with Gasteiger partial charge in [0.1, 0.15) is 0 Å². The summed E-state index contributed by atoms with van der Waals surface area (Å²) < 4.78 is 2.61. The molecular weight excluding hydrogens is 268 g/mol. The van der Waals surface area contributed by atoms with Crippen LogP contribution in [0.15, 0.2) is 12.1 Å². The molecule has 0 fully saturated rings. The lowest BCUT2D eigenvalue weighted by Crippen LogP contribution is -1.99. The number of aliphatic hydroxyl groups is 1. The van der Waals surface area contributed by atoms with E-state index >= 15 is 0 Å². The number of aliphatic hydroxyl groups excluding tert-OH is 1. The number of aromatic nitrogens is 2. The van der Waals surface area contributed by atoms with Gasteiger partial charge in [-0.15, -0.1) is 11.3 Å². The lowest BCUT2D eigenvalue weighted by Gasteiger charge is -2.08. The molecule has 1 N–H and O–H groups in total. The lowest BCUT2D eigenvalue weighted by atomic mass is 10.0. The maximum Gasteiger partial charge on any atom is 0.0932 e. The van der Waals surface area contributed by atoms with Crippen molar-refractivity contribution in [1.82, 2.24) is 9.78 Å². The lowest BCUT2D eigenvalue weighted by molar-refractivity contribution is 0.171. The van der Waals surface area contributed by atoms with Crippen molar-refractivity contribution >= 4 is 22.9 Å². The van der Waals surface area contributed by atoms with Gasteiger partial charge < -0.3 is 5.11 Å². The zero-order chi connectivity index (χ0) is 13.3. The fourth-order valence-corrected chi connectivity index (χ4v) is 3.19. The monoisotopic (exact) mass is 284 g/mol. The molecule has 2 rings (SSSR count). The van der Waals surface area contributed by atoms with Crippen LogP contribution in [-0.4, -0.2) is 14.9 Å². The van der Waals surface area contributed by atoms with E-state index < -0.39 is 6.10 Å². The molecule has 0 saturated carbocycles. The molecule has 0 aliphatic rings. The zero-order valence-electron chi connectivity index (χ0n) is 10.8. The Hall–Kier alpha value is -0.840. The topological polar surface area (TPSA) is 38.0 Å². The van der Waals surface area contributed by atoms with Gasteiger partial charge in [-0.3, -0.25) is 4.68 Å². The predicted molar refractivity (Wildman–Crippen MR) is 75.3 cm³/mol.